The second-order valence-corrected chi connectivity index (χ2v) is 4.72. The molecular formula is C16H17ClN2. The fourth-order valence-electron chi connectivity index (χ4n) is 1.68. The van der Waals surface area contributed by atoms with Gasteiger partial charge in [0.2, 0.25) is 0 Å². The summed E-state index contributed by atoms with van der Waals surface area (Å²) in [7, 11) is 0. The van der Waals surface area contributed by atoms with E-state index < -0.39 is 0 Å². The number of hydrogen-bond donors (Lipinski definition) is 0. The van der Waals surface area contributed by atoms with Crippen molar-refractivity contribution in [2.45, 2.75) is 26.7 Å². The van der Waals surface area contributed by atoms with Crippen molar-refractivity contribution in [3.63, 3.8) is 0 Å². The van der Waals surface area contributed by atoms with Crippen molar-refractivity contribution in [3.8, 4) is 6.07 Å². The lowest BCUT2D eigenvalue weighted by Gasteiger charge is -2.11. The molecule has 0 bridgehead atoms. The Morgan fingerprint density at radius 1 is 1.53 bits per heavy atom. The Kier molecular flexibility index (Phi) is 5.54. The lowest BCUT2D eigenvalue weighted by molar-refractivity contribution is 0.821. The third-order valence-corrected chi connectivity index (χ3v) is 3.01. The van der Waals surface area contributed by atoms with Crippen LogP contribution in [0.2, 0.25) is 5.15 Å². The van der Waals surface area contributed by atoms with Crippen LogP contribution in [0.25, 0.3) is 5.57 Å². The Morgan fingerprint density at radius 3 is 2.68 bits per heavy atom. The number of hydrogen-bond acceptors (Lipinski definition) is 2. The maximum Gasteiger partial charge on any atom is 0.147 e. The standard InChI is InChI=1S/C16H17ClN2/c1-5-7-8-12(6-2)13-9-15(11(3)4)19-16(17)14(13)10-18/h5-9,11H,1H2,2-4H3/b8-7-,12-6+. The van der Waals surface area contributed by atoms with E-state index >= 15 is 0 Å². The minimum atomic E-state index is 0.255. The van der Waals surface area contributed by atoms with Crippen molar-refractivity contribution < 1.29 is 0 Å². The molecule has 0 spiro atoms. The van der Waals surface area contributed by atoms with E-state index in [9.17, 15) is 5.26 Å². The summed E-state index contributed by atoms with van der Waals surface area (Å²) in [6.45, 7) is 9.66. The first-order chi connectivity index (χ1) is 9.04. The van der Waals surface area contributed by atoms with E-state index in [1.165, 1.54) is 0 Å². The van der Waals surface area contributed by atoms with E-state index in [2.05, 4.69) is 17.6 Å². The molecule has 1 aromatic rings. The van der Waals surface area contributed by atoms with Crippen LogP contribution in [0, 0.1) is 11.3 Å². The lowest BCUT2D eigenvalue weighted by Crippen LogP contribution is -1.99. The van der Waals surface area contributed by atoms with E-state index in [1.807, 2.05) is 45.1 Å². The second-order valence-electron chi connectivity index (χ2n) is 4.37. The van der Waals surface area contributed by atoms with Crippen LogP contribution >= 0.6 is 11.6 Å². The molecule has 0 N–H and O–H groups in total. The molecule has 1 rings (SSSR count). The smallest absolute Gasteiger partial charge is 0.147 e. The highest BCUT2D eigenvalue weighted by molar-refractivity contribution is 6.30. The van der Waals surface area contributed by atoms with E-state index in [-0.39, 0.29) is 11.1 Å². The Labute approximate surface area is 119 Å². The minimum Gasteiger partial charge on any atom is -0.239 e. The van der Waals surface area contributed by atoms with Crippen LogP contribution < -0.4 is 0 Å². The van der Waals surface area contributed by atoms with E-state index in [0.29, 0.717) is 5.56 Å². The summed E-state index contributed by atoms with van der Waals surface area (Å²) >= 11 is 6.11. The predicted octanol–water partition coefficient (Wildman–Crippen LogP) is 4.88. The Bertz CT molecular complexity index is 575. The highest BCUT2D eigenvalue weighted by Crippen LogP contribution is 2.28. The zero-order valence-electron chi connectivity index (χ0n) is 11.4. The number of halogens is 1. The van der Waals surface area contributed by atoms with Crippen molar-refractivity contribution in [2.24, 2.45) is 0 Å². The second kappa shape index (κ2) is 6.92. The summed E-state index contributed by atoms with van der Waals surface area (Å²) in [6.07, 6.45) is 7.38. The third kappa shape index (κ3) is 3.56. The van der Waals surface area contributed by atoms with Gasteiger partial charge in [-0.1, -0.05) is 56.3 Å². The highest BCUT2D eigenvalue weighted by atomic mass is 35.5. The number of rotatable bonds is 4. The van der Waals surface area contributed by atoms with Gasteiger partial charge >= 0.3 is 0 Å². The molecule has 1 heterocycles. The van der Waals surface area contributed by atoms with Crippen molar-refractivity contribution in [1.82, 2.24) is 4.98 Å². The molecular weight excluding hydrogens is 256 g/mol. The number of pyridine rings is 1. The maximum absolute atomic E-state index is 9.25. The molecule has 19 heavy (non-hydrogen) atoms. The first-order valence-electron chi connectivity index (χ1n) is 6.11. The van der Waals surface area contributed by atoms with E-state index in [1.54, 1.807) is 6.08 Å². The summed E-state index contributed by atoms with van der Waals surface area (Å²) in [4.78, 5) is 4.27. The summed E-state index contributed by atoms with van der Waals surface area (Å²) in [5.41, 5.74) is 3.03. The summed E-state index contributed by atoms with van der Waals surface area (Å²) in [6, 6.07) is 4.05. The van der Waals surface area contributed by atoms with Crippen molar-refractivity contribution >= 4 is 17.2 Å². The molecule has 0 aliphatic rings. The predicted molar refractivity (Wildman–Crippen MR) is 81.0 cm³/mol. The maximum atomic E-state index is 9.25. The minimum absolute atomic E-state index is 0.255. The molecule has 0 radical (unpaired) electrons. The van der Waals surface area contributed by atoms with Gasteiger partial charge < -0.3 is 0 Å². The summed E-state index contributed by atoms with van der Waals surface area (Å²) < 4.78 is 0. The number of allylic oxidation sites excluding steroid dienone is 5. The van der Waals surface area contributed by atoms with Crippen LogP contribution in [0.15, 0.2) is 36.9 Å². The van der Waals surface area contributed by atoms with Gasteiger partial charge in [0.15, 0.2) is 0 Å². The first-order valence-corrected chi connectivity index (χ1v) is 6.49. The van der Waals surface area contributed by atoms with E-state index in [4.69, 9.17) is 11.6 Å². The fourth-order valence-corrected chi connectivity index (χ4v) is 1.92. The first kappa shape index (κ1) is 15.2. The quantitative estimate of drug-likeness (QED) is 0.579. The molecule has 0 atom stereocenters. The molecule has 0 aromatic carbocycles. The average Bonchev–Trinajstić information content (AvgIpc) is 2.39. The van der Waals surface area contributed by atoms with Gasteiger partial charge in [0, 0.05) is 11.3 Å². The van der Waals surface area contributed by atoms with Crippen molar-refractivity contribution in [3.05, 3.63) is 58.9 Å². The average molecular weight is 273 g/mol. The molecule has 0 saturated carbocycles. The molecule has 0 unspecified atom stereocenters. The van der Waals surface area contributed by atoms with Gasteiger partial charge in [0.05, 0.1) is 5.56 Å². The van der Waals surface area contributed by atoms with Crippen LogP contribution in [0.3, 0.4) is 0 Å². The molecule has 0 amide bonds. The number of aromatic nitrogens is 1. The highest BCUT2D eigenvalue weighted by Gasteiger charge is 2.14. The molecule has 0 saturated heterocycles. The molecule has 2 nitrogen and oxygen atoms in total. The molecule has 3 heteroatoms. The molecule has 0 aliphatic carbocycles. The van der Waals surface area contributed by atoms with Crippen molar-refractivity contribution in [2.75, 3.05) is 0 Å². The number of nitrogens with zero attached hydrogens (tertiary/aromatic N) is 2. The van der Waals surface area contributed by atoms with Gasteiger partial charge in [-0.2, -0.15) is 5.26 Å². The van der Waals surface area contributed by atoms with Crippen LogP contribution in [-0.4, -0.2) is 4.98 Å². The molecule has 0 aliphatic heterocycles. The zero-order valence-corrected chi connectivity index (χ0v) is 12.2. The molecule has 0 fully saturated rings. The molecule has 98 valence electrons. The SMILES string of the molecule is C=C/C=C\C(=C/C)c1cc(C(C)C)nc(Cl)c1C#N. The Balaban J connectivity index is 3.51. The van der Waals surface area contributed by atoms with Crippen molar-refractivity contribution in [1.29, 1.82) is 5.26 Å². The van der Waals surface area contributed by atoms with Gasteiger partial charge in [-0.15, -0.1) is 0 Å². The van der Waals surface area contributed by atoms with Crippen LogP contribution in [0.5, 0.6) is 0 Å². The zero-order chi connectivity index (χ0) is 14.4. The van der Waals surface area contributed by atoms with E-state index in [0.717, 1.165) is 16.8 Å². The van der Waals surface area contributed by atoms with Crippen LogP contribution in [0.4, 0.5) is 0 Å². The van der Waals surface area contributed by atoms with Gasteiger partial charge in [-0.3, -0.25) is 0 Å². The number of nitriles is 1. The van der Waals surface area contributed by atoms with Crippen LogP contribution in [-0.2, 0) is 0 Å². The van der Waals surface area contributed by atoms with Crippen LogP contribution in [0.1, 0.15) is 43.5 Å². The van der Waals surface area contributed by atoms with Gasteiger partial charge in [0.25, 0.3) is 0 Å². The topological polar surface area (TPSA) is 36.7 Å². The molecule has 1 aromatic heterocycles. The summed E-state index contributed by atoms with van der Waals surface area (Å²) in [5.74, 6) is 0.255. The van der Waals surface area contributed by atoms with Gasteiger partial charge in [-0.25, -0.2) is 4.98 Å². The fraction of sp³-hybridized carbons (Fsp3) is 0.250. The van der Waals surface area contributed by atoms with Gasteiger partial charge in [0.1, 0.15) is 11.2 Å². The Hall–Kier alpha value is -1.85. The third-order valence-electron chi connectivity index (χ3n) is 2.73. The summed E-state index contributed by atoms with van der Waals surface area (Å²) in [5, 5.41) is 9.51. The monoisotopic (exact) mass is 272 g/mol. The lowest BCUT2D eigenvalue weighted by atomic mass is 9.97. The largest absolute Gasteiger partial charge is 0.239 e. The normalized spacial score (nSPS) is 11.9. The van der Waals surface area contributed by atoms with Gasteiger partial charge in [-0.05, 0) is 24.5 Å². The Morgan fingerprint density at radius 2 is 2.21 bits per heavy atom.